The molecule has 1 saturated heterocycles. The van der Waals surface area contributed by atoms with Crippen LogP contribution in [0.2, 0.25) is 0 Å². The minimum Gasteiger partial charge on any atom is -0.493 e. The summed E-state index contributed by atoms with van der Waals surface area (Å²) in [6.07, 6.45) is 0.830. The van der Waals surface area contributed by atoms with E-state index in [1.165, 1.54) is 5.56 Å². The molecule has 30 heavy (non-hydrogen) atoms. The quantitative estimate of drug-likeness (QED) is 0.579. The van der Waals surface area contributed by atoms with E-state index >= 15 is 0 Å². The third kappa shape index (κ3) is 3.24. The molecule has 5 rings (SSSR count). The standard InChI is InChI=1S/C26H22O4/c1-28-23-14-19(11-12-22(23)29-15-17-7-3-2-4-8-17)24-21-10-6-5-9-18(21)13-20-16-30-26(27)25(20)24/h2-12,14,20H,13,15-16H2,1H3. The number of benzene rings is 3. The molecule has 0 radical (unpaired) electrons. The minimum atomic E-state index is -0.215. The van der Waals surface area contributed by atoms with Crippen molar-refractivity contribution >= 4 is 11.5 Å². The Morgan fingerprint density at radius 3 is 2.60 bits per heavy atom. The van der Waals surface area contributed by atoms with Crippen molar-refractivity contribution in [2.75, 3.05) is 13.7 Å². The lowest BCUT2D eigenvalue weighted by atomic mass is 9.77. The molecule has 3 aromatic rings. The summed E-state index contributed by atoms with van der Waals surface area (Å²) in [6, 6.07) is 24.1. The Morgan fingerprint density at radius 1 is 0.967 bits per heavy atom. The van der Waals surface area contributed by atoms with Gasteiger partial charge in [-0.25, -0.2) is 4.79 Å². The van der Waals surface area contributed by atoms with Crippen LogP contribution in [0.4, 0.5) is 0 Å². The second-order valence-electron chi connectivity index (χ2n) is 7.59. The van der Waals surface area contributed by atoms with Crippen LogP contribution in [0.25, 0.3) is 5.57 Å². The Balaban J connectivity index is 1.54. The van der Waals surface area contributed by atoms with Crippen molar-refractivity contribution in [1.29, 1.82) is 0 Å². The summed E-state index contributed by atoms with van der Waals surface area (Å²) in [5.74, 6) is 1.20. The summed E-state index contributed by atoms with van der Waals surface area (Å²) in [4.78, 5) is 12.5. The van der Waals surface area contributed by atoms with Gasteiger partial charge in [-0.1, -0.05) is 60.7 Å². The van der Waals surface area contributed by atoms with Crippen molar-refractivity contribution in [2.45, 2.75) is 13.0 Å². The Morgan fingerprint density at radius 2 is 1.77 bits per heavy atom. The number of methoxy groups -OCH3 is 1. The molecule has 1 aliphatic heterocycles. The minimum absolute atomic E-state index is 0.0994. The fourth-order valence-corrected chi connectivity index (χ4v) is 4.31. The van der Waals surface area contributed by atoms with Crippen molar-refractivity contribution in [1.82, 2.24) is 0 Å². The lowest BCUT2D eigenvalue weighted by Gasteiger charge is -2.24. The largest absolute Gasteiger partial charge is 0.493 e. The smallest absolute Gasteiger partial charge is 0.335 e. The highest BCUT2D eigenvalue weighted by atomic mass is 16.5. The molecule has 3 aromatic carbocycles. The molecule has 0 spiro atoms. The van der Waals surface area contributed by atoms with Crippen LogP contribution in [-0.2, 0) is 22.6 Å². The first-order chi connectivity index (χ1) is 14.7. The molecule has 2 aliphatic rings. The van der Waals surface area contributed by atoms with Crippen LogP contribution in [0.1, 0.15) is 22.3 Å². The molecule has 1 atom stereocenters. The number of esters is 1. The molecule has 4 heteroatoms. The summed E-state index contributed by atoms with van der Waals surface area (Å²) in [5.41, 5.74) is 6.06. The molecule has 4 nitrogen and oxygen atoms in total. The van der Waals surface area contributed by atoms with Crippen molar-refractivity contribution in [3.63, 3.8) is 0 Å². The predicted octanol–water partition coefficient (Wildman–Crippen LogP) is 4.81. The van der Waals surface area contributed by atoms with Gasteiger partial charge in [-0.2, -0.15) is 0 Å². The molecular formula is C26H22O4. The molecule has 1 aliphatic carbocycles. The maximum Gasteiger partial charge on any atom is 0.335 e. The Kier molecular flexibility index (Phi) is 4.75. The van der Waals surface area contributed by atoms with Crippen molar-refractivity contribution in [3.05, 3.63) is 101 Å². The summed E-state index contributed by atoms with van der Waals surface area (Å²) in [7, 11) is 1.63. The SMILES string of the molecule is COc1cc(C2=C3C(=O)OCC3Cc3ccccc32)ccc1OCc1ccccc1. The van der Waals surface area contributed by atoms with Gasteiger partial charge >= 0.3 is 5.97 Å². The lowest BCUT2D eigenvalue weighted by Crippen LogP contribution is -2.17. The van der Waals surface area contributed by atoms with Crippen LogP contribution in [0.5, 0.6) is 11.5 Å². The normalized spacial score (nSPS) is 17.2. The molecular weight excluding hydrogens is 376 g/mol. The maximum atomic E-state index is 12.5. The number of rotatable bonds is 5. The number of carbonyl (C=O) groups excluding carboxylic acids is 1. The maximum absolute atomic E-state index is 12.5. The highest BCUT2D eigenvalue weighted by Gasteiger charge is 2.38. The zero-order valence-corrected chi connectivity index (χ0v) is 16.8. The van der Waals surface area contributed by atoms with Gasteiger partial charge in [-0.15, -0.1) is 0 Å². The topological polar surface area (TPSA) is 44.8 Å². The average molecular weight is 398 g/mol. The molecule has 0 saturated carbocycles. The van der Waals surface area contributed by atoms with Crippen LogP contribution in [0.3, 0.4) is 0 Å². The van der Waals surface area contributed by atoms with Crippen molar-refractivity contribution in [2.24, 2.45) is 5.92 Å². The lowest BCUT2D eigenvalue weighted by molar-refractivity contribution is -0.135. The summed E-state index contributed by atoms with van der Waals surface area (Å²) >= 11 is 0. The highest BCUT2D eigenvalue weighted by molar-refractivity contribution is 6.05. The van der Waals surface area contributed by atoms with E-state index in [0.29, 0.717) is 24.7 Å². The fraction of sp³-hybridized carbons (Fsp3) is 0.192. The number of cyclic esters (lactones) is 1. The Bertz CT molecular complexity index is 1130. The number of fused-ring (bicyclic) bond motifs is 2. The highest BCUT2D eigenvalue weighted by Crippen LogP contribution is 2.43. The number of hydrogen-bond acceptors (Lipinski definition) is 4. The van der Waals surface area contributed by atoms with Gasteiger partial charge in [0.1, 0.15) is 6.61 Å². The van der Waals surface area contributed by atoms with Crippen LogP contribution >= 0.6 is 0 Å². The fourth-order valence-electron chi connectivity index (χ4n) is 4.31. The molecule has 1 fully saturated rings. The molecule has 0 amide bonds. The summed E-state index contributed by atoms with van der Waals surface area (Å²) in [6.45, 7) is 0.906. The van der Waals surface area contributed by atoms with E-state index < -0.39 is 0 Å². The van der Waals surface area contributed by atoms with E-state index in [4.69, 9.17) is 14.2 Å². The number of carbonyl (C=O) groups is 1. The van der Waals surface area contributed by atoms with Gasteiger partial charge < -0.3 is 14.2 Å². The molecule has 1 unspecified atom stereocenters. The van der Waals surface area contributed by atoms with Gasteiger partial charge in [-0.05, 0) is 40.8 Å². The summed E-state index contributed by atoms with van der Waals surface area (Å²) in [5, 5.41) is 0. The van der Waals surface area contributed by atoms with Crippen LogP contribution < -0.4 is 9.47 Å². The number of hydrogen-bond donors (Lipinski definition) is 0. The van der Waals surface area contributed by atoms with Gasteiger partial charge in [-0.3, -0.25) is 0 Å². The second kappa shape index (κ2) is 7.71. The van der Waals surface area contributed by atoms with Gasteiger partial charge in [0.25, 0.3) is 0 Å². The molecule has 0 N–H and O–H groups in total. The van der Waals surface area contributed by atoms with Gasteiger partial charge in [0.05, 0.1) is 19.3 Å². The first-order valence-electron chi connectivity index (χ1n) is 10.1. The third-order valence-corrected chi connectivity index (χ3v) is 5.76. The van der Waals surface area contributed by atoms with Gasteiger partial charge in [0.2, 0.25) is 0 Å². The Labute approximate surface area is 175 Å². The van der Waals surface area contributed by atoms with Crippen LogP contribution in [0.15, 0.2) is 78.4 Å². The number of ether oxygens (including phenoxy) is 3. The van der Waals surface area contributed by atoms with Crippen molar-refractivity contribution < 1.29 is 19.0 Å². The zero-order chi connectivity index (χ0) is 20.5. The summed E-state index contributed by atoms with van der Waals surface area (Å²) < 4.78 is 17.0. The third-order valence-electron chi connectivity index (χ3n) is 5.76. The molecule has 0 aromatic heterocycles. The first-order valence-corrected chi connectivity index (χ1v) is 10.1. The van der Waals surface area contributed by atoms with Crippen LogP contribution in [-0.4, -0.2) is 19.7 Å². The van der Waals surface area contributed by atoms with E-state index in [9.17, 15) is 4.79 Å². The van der Waals surface area contributed by atoms with Crippen molar-refractivity contribution in [3.8, 4) is 11.5 Å². The molecule has 150 valence electrons. The van der Waals surface area contributed by atoms with E-state index in [0.717, 1.165) is 34.3 Å². The van der Waals surface area contributed by atoms with E-state index in [1.54, 1.807) is 7.11 Å². The predicted molar refractivity (Wildman–Crippen MR) is 114 cm³/mol. The van der Waals surface area contributed by atoms with Gasteiger partial charge in [0.15, 0.2) is 11.5 Å². The molecule has 1 heterocycles. The average Bonchev–Trinajstić information content (AvgIpc) is 3.17. The van der Waals surface area contributed by atoms with Crippen LogP contribution in [0, 0.1) is 5.92 Å². The molecule has 0 bridgehead atoms. The Hall–Kier alpha value is -3.53. The monoisotopic (exact) mass is 398 g/mol. The zero-order valence-electron chi connectivity index (χ0n) is 16.8. The van der Waals surface area contributed by atoms with Gasteiger partial charge in [0, 0.05) is 11.5 Å². The van der Waals surface area contributed by atoms with E-state index in [1.807, 2.05) is 60.7 Å². The first kappa shape index (κ1) is 18.5. The second-order valence-corrected chi connectivity index (χ2v) is 7.59. The van der Waals surface area contributed by atoms with E-state index in [-0.39, 0.29) is 11.9 Å². The van der Waals surface area contributed by atoms with E-state index in [2.05, 4.69) is 12.1 Å².